The van der Waals surface area contributed by atoms with Gasteiger partial charge in [-0.05, 0) is 32.5 Å². The van der Waals surface area contributed by atoms with Crippen LogP contribution in [0, 0.1) is 0 Å². The molecule has 0 bridgehead atoms. The fourth-order valence-corrected chi connectivity index (χ4v) is 1.67. The van der Waals surface area contributed by atoms with E-state index in [2.05, 4.69) is 36.9 Å². The predicted octanol–water partition coefficient (Wildman–Crippen LogP) is 1.11. The van der Waals surface area contributed by atoms with Gasteiger partial charge >= 0.3 is 0 Å². The van der Waals surface area contributed by atoms with Gasteiger partial charge in [0.15, 0.2) is 0 Å². The van der Waals surface area contributed by atoms with E-state index in [1.54, 1.807) is 0 Å². The minimum atomic E-state index is 0.0731. The Hall–Kier alpha value is 0.230. The third-order valence-electron chi connectivity index (χ3n) is 2.00. The molecule has 0 spiro atoms. The lowest BCUT2D eigenvalue weighted by molar-refractivity contribution is 0.116. The van der Waals surface area contributed by atoms with E-state index in [0.717, 1.165) is 32.7 Å². The molecule has 14 heavy (non-hydrogen) atoms. The molecule has 1 atom stereocenters. The number of ether oxygens (including phenoxy) is 1. The van der Waals surface area contributed by atoms with Gasteiger partial charge in [0.05, 0.1) is 6.61 Å². The van der Waals surface area contributed by atoms with Crippen LogP contribution in [0.2, 0.25) is 0 Å². The first kappa shape index (κ1) is 14.2. The summed E-state index contributed by atoms with van der Waals surface area (Å²) in [4.78, 5) is 2.14. The van der Waals surface area contributed by atoms with E-state index in [4.69, 9.17) is 4.74 Å². The highest BCUT2D eigenvalue weighted by Crippen LogP contribution is 2.10. The van der Waals surface area contributed by atoms with Gasteiger partial charge in [0.25, 0.3) is 0 Å². The van der Waals surface area contributed by atoms with E-state index in [1.165, 1.54) is 5.75 Å². The van der Waals surface area contributed by atoms with Gasteiger partial charge in [-0.25, -0.2) is 11.1 Å². The Bertz CT molecular complexity index is 123. The third-order valence-corrected chi connectivity index (χ3v) is 3.72. The van der Waals surface area contributed by atoms with Crippen LogP contribution in [-0.4, -0.2) is 57.3 Å². The van der Waals surface area contributed by atoms with Crippen molar-refractivity contribution in [3.8, 4) is 0 Å². The number of nitrogens with one attached hydrogen (secondary N) is 1. The van der Waals surface area contributed by atoms with E-state index >= 15 is 0 Å². The van der Waals surface area contributed by atoms with Crippen LogP contribution >= 0.6 is 11.1 Å². The molecule has 0 saturated carbocycles. The molecule has 0 amide bonds. The molecule has 0 aromatic rings. The van der Waals surface area contributed by atoms with Gasteiger partial charge in [-0.2, -0.15) is 0 Å². The first-order valence-corrected chi connectivity index (χ1v) is 7.31. The Kier molecular flexibility index (Phi) is 9.93. The Balaban J connectivity index is 2.99. The van der Waals surface area contributed by atoms with Crippen molar-refractivity contribution >= 4 is 11.1 Å². The number of hydrogen-bond donors (Lipinski definition) is 2. The fraction of sp³-hybridized carbons (Fsp3) is 1.00. The summed E-state index contributed by atoms with van der Waals surface area (Å²) in [7, 11) is 4.13. The third kappa shape index (κ3) is 10.3. The van der Waals surface area contributed by atoms with Gasteiger partial charge in [-0.1, -0.05) is 6.92 Å². The van der Waals surface area contributed by atoms with Gasteiger partial charge in [-0.3, -0.25) is 4.72 Å². The van der Waals surface area contributed by atoms with Crippen molar-refractivity contribution < 1.29 is 4.74 Å². The second-order valence-electron chi connectivity index (χ2n) is 3.69. The lowest BCUT2D eigenvalue weighted by atomic mass is 10.5. The highest BCUT2D eigenvalue weighted by Gasteiger charge is 1.93. The minimum absolute atomic E-state index is 0.0731. The smallest absolute Gasteiger partial charge is 0.0593 e. The van der Waals surface area contributed by atoms with Crippen molar-refractivity contribution in [1.29, 1.82) is 0 Å². The molecule has 1 N–H and O–H groups in total. The maximum absolute atomic E-state index is 5.49. The molecule has 4 heteroatoms. The van der Waals surface area contributed by atoms with E-state index in [1.807, 2.05) is 0 Å². The maximum atomic E-state index is 5.49. The number of rotatable bonds is 9. The summed E-state index contributed by atoms with van der Waals surface area (Å²) in [5, 5.41) is 0. The Morgan fingerprint density at radius 3 is 2.57 bits per heavy atom. The summed E-state index contributed by atoms with van der Waals surface area (Å²) >= 11 is 0.0731. The van der Waals surface area contributed by atoms with Crippen LogP contribution in [0.3, 0.4) is 0 Å². The molecule has 0 aliphatic heterocycles. The molecule has 1 unspecified atom stereocenters. The van der Waals surface area contributed by atoms with Gasteiger partial charge in [0, 0.05) is 19.7 Å². The molecule has 0 saturated heterocycles. The summed E-state index contributed by atoms with van der Waals surface area (Å²) in [6.07, 6.45) is 3.41. The van der Waals surface area contributed by atoms with Crippen LogP contribution in [0.25, 0.3) is 0 Å². The highest BCUT2D eigenvalue weighted by atomic mass is 32.2. The molecular weight excluding hydrogens is 196 g/mol. The van der Waals surface area contributed by atoms with Crippen LogP contribution in [0.15, 0.2) is 0 Å². The van der Waals surface area contributed by atoms with Crippen LogP contribution < -0.4 is 4.72 Å². The Labute approximate surface area is 91.7 Å². The molecule has 0 radical (unpaired) electrons. The lowest BCUT2D eigenvalue weighted by Gasteiger charge is -2.15. The van der Waals surface area contributed by atoms with Gasteiger partial charge in [-0.15, -0.1) is 0 Å². The predicted molar refractivity (Wildman–Crippen MR) is 67.4 cm³/mol. The highest BCUT2D eigenvalue weighted by molar-refractivity contribution is 8.14. The molecule has 0 aliphatic rings. The number of thiol groups is 1. The van der Waals surface area contributed by atoms with Crippen LogP contribution in [0.4, 0.5) is 0 Å². The van der Waals surface area contributed by atoms with Crippen LogP contribution in [0.5, 0.6) is 0 Å². The fourth-order valence-electron chi connectivity index (χ4n) is 0.905. The second kappa shape index (κ2) is 9.77. The van der Waals surface area contributed by atoms with E-state index in [-0.39, 0.29) is 11.1 Å². The SMILES string of the molecule is CC[SH](C)NCCCOCCN(C)C. The van der Waals surface area contributed by atoms with Gasteiger partial charge < -0.3 is 9.64 Å². The van der Waals surface area contributed by atoms with Crippen molar-refractivity contribution in [2.24, 2.45) is 0 Å². The van der Waals surface area contributed by atoms with E-state index in [0.29, 0.717) is 0 Å². The summed E-state index contributed by atoms with van der Waals surface area (Å²) in [5.41, 5.74) is 0. The zero-order valence-corrected chi connectivity index (χ0v) is 10.9. The number of hydrogen-bond acceptors (Lipinski definition) is 3. The molecule has 0 rings (SSSR count). The molecule has 0 heterocycles. The molecule has 3 nitrogen and oxygen atoms in total. The van der Waals surface area contributed by atoms with Crippen LogP contribution in [0.1, 0.15) is 13.3 Å². The van der Waals surface area contributed by atoms with E-state index < -0.39 is 0 Å². The van der Waals surface area contributed by atoms with Crippen molar-refractivity contribution in [1.82, 2.24) is 9.62 Å². The number of nitrogens with zero attached hydrogens (tertiary/aromatic N) is 1. The van der Waals surface area contributed by atoms with E-state index in [9.17, 15) is 0 Å². The first-order valence-electron chi connectivity index (χ1n) is 5.34. The molecule has 0 aliphatic carbocycles. The summed E-state index contributed by atoms with van der Waals surface area (Å²) in [6.45, 7) is 6.07. The normalized spacial score (nSPS) is 14.8. The monoisotopic (exact) mass is 222 g/mol. The zero-order valence-electron chi connectivity index (χ0n) is 10.0. The van der Waals surface area contributed by atoms with Gasteiger partial charge in [0.1, 0.15) is 0 Å². The molecule has 0 aromatic carbocycles. The average Bonchev–Trinajstić information content (AvgIpc) is 2.15. The maximum Gasteiger partial charge on any atom is 0.0593 e. The quantitative estimate of drug-likeness (QED) is 0.451. The second-order valence-corrected chi connectivity index (χ2v) is 6.04. The molecule has 88 valence electrons. The lowest BCUT2D eigenvalue weighted by Crippen LogP contribution is -2.19. The molecule has 0 fully saturated rings. The first-order chi connectivity index (χ1) is 6.66. The minimum Gasteiger partial charge on any atom is -0.380 e. The standard InChI is InChI=1S/C10H26N2OS/c1-5-14(4)11-7-6-9-13-10-8-12(2)3/h11,14H,5-10H2,1-4H3. The summed E-state index contributed by atoms with van der Waals surface area (Å²) in [6, 6.07) is 0. The van der Waals surface area contributed by atoms with Gasteiger partial charge in [0.2, 0.25) is 0 Å². The van der Waals surface area contributed by atoms with Crippen molar-refractivity contribution in [3.63, 3.8) is 0 Å². The van der Waals surface area contributed by atoms with Crippen molar-refractivity contribution in [3.05, 3.63) is 0 Å². The Morgan fingerprint density at radius 2 is 2.00 bits per heavy atom. The van der Waals surface area contributed by atoms with Crippen molar-refractivity contribution in [2.75, 3.05) is 52.4 Å². The summed E-state index contributed by atoms with van der Waals surface area (Å²) < 4.78 is 8.99. The average molecular weight is 222 g/mol. The molecular formula is C10H26N2OS. The largest absolute Gasteiger partial charge is 0.380 e. The van der Waals surface area contributed by atoms with Crippen molar-refractivity contribution in [2.45, 2.75) is 13.3 Å². The zero-order chi connectivity index (χ0) is 10.8. The summed E-state index contributed by atoms with van der Waals surface area (Å²) in [5.74, 6) is 1.26. The molecule has 0 aromatic heterocycles. The Morgan fingerprint density at radius 1 is 1.29 bits per heavy atom. The number of likely N-dealkylation sites (N-methyl/N-ethyl adjacent to an activating group) is 1. The topological polar surface area (TPSA) is 24.5 Å². The van der Waals surface area contributed by atoms with Crippen LogP contribution in [-0.2, 0) is 4.74 Å².